The highest BCUT2D eigenvalue weighted by Crippen LogP contribution is 2.11. The second kappa shape index (κ2) is 6.43. The Balaban J connectivity index is 2.87. The Labute approximate surface area is 97.9 Å². The average Bonchev–Trinajstić information content (AvgIpc) is 2.28. The summed E-state index contributed by atoms with van der Waals surface area (Å²) in [5.41, 5.74) is 7.62. The predicted octanol–water partition coefficient (Wildman–Crippen LogP) is 1.87. The molecule has 0 saturated carbocycles. The second-order valence-electron chi connectivity index (χ2n) is 3.97. The van der Waals surface area contributed by atoms with Crippen molar-refractivity contribution >= 4 is 5.95 Å². The lowest BCUT2D eigenvalue weighted by atomic mass is 10.2. The molecule has 0 aliphatic rings. The fraction of sp³-hybridized carbons (Fsp3) is 0.667. The molecule has 0 aromatic carbocycles. The summed E-state index contributed by atoms with van der Waals surface area (Å²) >= 11 is 0. The third-order valence-electron chi connectivity index (χ3n) is 2.56. The molecule has 0 radical (unpaired) electrons. The van der Waals surface area contributed by atoms with Crippen LogP contribution in [0.4, 0.5) is 5.95 Å². The molecule has 4 heteroatoms. The lowest BCUT2D eigenvalue weighted by Gasteiger charge is -2.21. The van der Waals surface area contributed by atoms with Gasteiger partial charge in [-0.2, -0.15) is 0 Å². The quantitative estimate of drug-likeness (QED) is 0.798. The zero-order valence-corrected chi connectivity index (χ0v) is 10.5. The maximum atomic E-state index is 5.60. The molecule has 2 N–H and O–H groups in total. The Morgan fingerprint density at radius 3 is 2.31 bits per heavy atom. The topological polar surface area (TPSA) is 55.0 Å². The van der Waals surface area contributed by atoms with Crippen molar-refractivity contribution in [2.45, 2.75) is 40.2 Å². The van der Waals surface area contributed by atoms with E-state index in [0.717, 1.165) is 43.1 Å². The number of nitrogens with zero attached hydrogens (tertiary/aromatic N) is 3. The van der Waals surface area contributed by atoms with Gasteiger partial charge in [0, 0.05) is 37.1 Å². The summed E-state index contributed by atoms with van der Waals surface area (Å²) in [6.07, 6.45) is 4.07. The molecular weight excluding hydrogens is 200 g/mol. The summed E-state index contributed by atoms with van der Waals surface area (Å²) in [6, 6.07) is 0. The smallest absolute Gasteiger partial charge is 0.225 e. The highest BCUT2D eigenvalue weighted by Gasteiger charge is 2.09. The van der Waals surface area contributed by atoms with Crippen molar-refractivity contribution in [2.24, 2.45) is 5.73 Å². The van der Waals surface area contributed by atoms with Gasteiger partial charge in [-0.1, -0.05) is 13.8 Å². The van der Waals surface area contributed by atoms with Gasteiger partial charge in [0.1, 0.15) is 0 Å². The molecule has 1 heterocycles. The van der Waals surface area contributed by atoms with Crippen LogP contribution < -0.4 is 10.6 Å². The molecule has 0 saturated heterocycles. The summed E-state index contributed by atoms with van der Waals surface area (Å²) < 4.78 is 0. The van der Waals surface area contributed by atoms with Crippen LogP contribution >= 0.6 is 0 Å². The van der Waals surface area contributed by atoms with E-state index in [1.54, 1.807) is 0 Å². The summed E-state index contributed by atoms with van der Waals surface area (Å²) in [5, 5.41) is 0. The third-order valence-corrected chi connectivity index (χ3v) is 2.56. The molecule has 16 heavy (non-hydrogen) atoms. The number of hydrogen-bond donors (Lipinski definition) is 1. The van der Waals surface area contributed by atoms with Crippen molar-refractivity contribution in [1.82, 2.24) is 9.97 Å². The van der Waals surface area contributed by atoms with Crippen LogP contribution in [0, 0.1) is 6.92 Å². The van der Waals surface area contributed by atoms with Crippen LogP contribution in [0.25, 0.3) is 0 Å². The highest BCUT2D eigenvalue weighted by molar-refractivity contribution is 5.32. The van der Waals surface area contributed by atoms with Gasteiger partial charge in [-0.3, -0.25) is 0 Å². The Kier molecular flexibility index (Phi) is 5.19. The van der Waals surface area contributed by atoms with E-state index >= 15 is 0 Å². The first-order chi connectivity index (χ1) is 7.72. The minimum atomic E-state index is 0.508. The summed E-state index contributed by atoms with van der Waals surface area (Å²) in [4.78, 5) is 11.1. The van der Waals surface area contributed by atoms with Crippen molar-refractivity contribution in [3.05, 3.63) is 17.5 Å². The molecule has 0 spiro atoms. The van der Waals surface area contributed by atoms with Gasteiger partial charge in [0.25, 0.3) is 0 Å². The van der Waals surface area contributed by atoms with Gasteiger partial charge in [0.05, 0.1) is 0 Å². The van der Waals surface area contributed by atoms with Gasteiger partial charge < -0.3 is 10.6 Å². The number of anilines is 1. The van der Waals surface area contributed by atoms with Crippen molar-refractivity contribution < 1.29 is 0 Å². The van der Waals surface area contributed by atoms with Crippen LogP contribution in [0.15, 0.2) is 6.20 Å². The van der Waals surface area contributed by atoms with E-state index in [4.69, 9.17) is 5.73 Å². The lowest BCUT2D eigenvalue weighted by Crippen LogP contribution is -2.27. The maximum absolute atomic E-state index is 5.60. The molecular formula is C12H22N4. The highest BCUT2D eigenvalue weighted by atomic mass is 15.2. The van der Waals surface area contributed by atoms with E-state index in [1.807, 2.05) is 13.1 Å². The minimum absolute atomic E-state index is 0.508. The molecule has 0 fully saturated rings. The molecule has 1 aromatic rings. The van der Waals surface area contributed by atoms with E-state index in [-0.39, 0.29) is 0 Å². The first-order valence-corrected chi connectivity index (χ1v) is 6.00. The van der Waals surface area contributed by atoms with Crippen LogP contribution in [-0.2, 0) is 6.54 Å². The zero-order chi connectivity index (χ0) is 12.0. The van der Waals surface area contributed by atoms with E-state index in [1.165, 1.54) is 0 Å². The number of aryl methyl sites for hydroxylation is 1. The summed E-state index contributed by atoms with van der Waals surface area (Å²) in [6.45, 7) is 8.86. The monoisotopic (exact) mass is 222 g/mol. The maximum Gasteiger partial charge on any atom is 0.225 e. The Morgan fingerprint density at radius 2 is 1.88 bits per heavy atom. The molecule has 0 aliphatic carbocycles. The zero-order valence-electron chi connectivity index (χ0n) is 10.5. The van der Waals surface area contributed by atoms with Gasteiger partial charge >= 0.3 is 0 Å². The number of aromatic nitrogens is 2. The fourth-order valence-electron chi connectivity index (χ4n) is 1.68. The van der Waals surface area contributed by atoms with E-state index in [9.17, 15) is 0 Å². The van der Waals surface area contributed by atoms with Gasteiger partial charge in [0.2, 0.25) is 5.95 Å². The van der Waals surface area contributed by atoms with Crippen LogP contribution in [0.2, 0.25) is 0 Å². The molecule has 0 amide bonds. The summed E-state index contributed by atoms with van der Waals surface area (Å²) in [7, 11) is 0. The first-order valence-electron chi connectivity index (χ1n) is 6.00. The SMILES string of the molecule is CCCN(CCC)c1ncc(CN)c(C)n1. The third kappa shape index (κ3) is 3.17. The average molecular weight is 222 g/mol. The van der Waals surface area contributed by atoms with Crippen LogP contribution in [0.5, 0.6) is 0 Å². The molecule has 1 rings (SSSR count). The van der Waals surface area contributed by atoms with Crippen LogP contribution in [0.3, 0.4) is 0 Å². The normalized spacial score (nSPS) is 10.5. The molecule has 0 atom stereocenters. The predicted molar refractivity (Wildman–Crippen MR) is 67.5 cm³/mol. The van der Waals surface area contributed by atoms with Gasteiger partial charge in [-0.25, -0.2) is 9.97 Å². The van der Waals surface area contributed by atoms with Gasteiger partial charge in [0.15, 0.2) is 0 Å². The number of rotatable bonds is 6. The van der Waals surface area contributed by atoms with E-state index in [0.29, 0.717) is 6.54 Å². The van der Waals surface area contributed by atoms with Crippen molar-refractivity contribution in [3.63, 3.8) is 0 Å². The molecule has 0 aliphatic heterocycles. The largest absolute Gasteiger partial charge is 0.341 e. The van der Waals surface area contributed by atoms with E-state index in [2.05, 4.69) is 28.7 Å². The number of nitrogens with two attached hydrogens (primary N) is 1. The van der Waals surface area contributed by atoms with Crippen molar-refractivity contribution in [2.75, 3.05) is 18.0 Å². The van der Waals surface area contributed by atoms with Crippen molar-refractivity contribution in [3.8, 4) is 0 Å². The minimum Gasteiger partial charge on any atom is -0.341 e. The Bertz CT molecular complexity index is 319. The first kappa shape index (κ1) is 12.9. The molecule has 0 bridgehead atoms. The summed E-state index contributed by atoms with van der Waals surface area (Å²) in [5.74, 6) is 0.832. The second-order valence-corrected chi connectivity index (χ2v) is 3.97. The lowest BCUT2D eigenvalue weighted by molar-refractivity contribution is 0.717. The standard InChI is InChI=1S/C12H22N4/c1-4-6-16(7-5-2)12-14-9-11(8-13)10(3)15-12/h9H,4-8,13H2,1-3H3. The van der Waals surface area contributed by atoms with Crippen LogP contribution in [-0.4, -0.2) is 23.1 Å². The van der Waals surface area contributed by atoms with Crippen LogP contribution in [0.1, 0.15) is 37.9 Å². The Hall–Kier alpha value is -1.16. The van der Waals surface area contributed by atoms with E-state index < -0.39 is 0 Å². The molecule has 1 aromatic heterocycles. The Morgan fingerprint density at radius 1 is 1.25 bits per heavy atom. The fourth-order valence-corrected chi connectivity index (χ4v) is 1.68. The number of hydrogen-bond acceptors (Lipinski definition) is 4. The van der Waals surface area contributed by atoms with Crippen molar-refractivity contribution in [1.29, 1.82) is 0 Å². The molecule has 90 valence electrons. The van der Waals surface area contributed by atoms with Gasteiger partial charge in [-0.05, 0) is 19.8 Å². The van der Waals surface area contributed by atoms with Gasteiger partial charge in [-0.15, -0.1) is 0 Å². The molecule has 4 nitrogen and oxygen atoms in total. The molecule has 0 unspecified atom stereocenters.